The summed E-state index contributed by atoms with van der Waals surface area (Å²) in [4.78, 5) is 9.01. The summed E-state index contributed by atoms with van der Waals surface area (Å²) in [6.45, 7) is 2.09. The molecule has 3 rings (SSSR count). The van der Waals surface area contributed by atoms with E-state index in [1.54, 1.807) is 0 Å². The lowest BCUT2D eigenvalue weighted by Gasteiger charge is -2.22. The van der Waals surface area contributed by atoms with Gasteiger partial charge in [-0.15, -0.1) is 0 Å². The molecule has 0 bridgehead atoms. The van der Waals surface area contributed by atoms with Crippen molar-refractivity contribution in [3.8, 4) is 0 Å². The van der Waals surface area contributed by atoms with Crippen LogP contribution in [0.1, 0.15) is 37.7 Å². The van der Waals surface area contributed by atoms with Gasteiger partial charge in [-0.3, -0.25) is 0 Å². The van der Waals surface area contributed by atoms with E-state index in [1.165, 1.54) is 37.7 Å². The number of benzene rings is 1. The lowest BCUT2D eigenvalue weighted by Crippen LogP contribution is -2.23. The quantitative estimate of drug-likeness (QED) is 0.871. The molecule has 1 heterocycles. The highest BCUT2D eigenvalue weighted by Crippen LogP contribution is 2.21. The third-order valence-corrected chi connectivity index (χ3v) is 3.67. The van der Waals surface area contributed by atoms with Crippen LogP contribution in [0.2, 0.25) is 0 Å². The molecule has 1 N–H and O–H groups in total. The molecule has 1 fully saturated rings. The van der Waals surface area contributed by atoms with Gasteiger partial charge in [0.1, 0.15) is 0 Å². The van der Waals surface area contributed by atoms with Crippen LogP contribution in [-0.2, 0) is 0 Å². The largest absolute Gasteiger partial charge is 0.351 e. The number of fused-ring (bicyclic) bond motifs is 1. The molecule has 94 valence electrons. The average Bonchev–Trinajstić information content (AvgIpc) is 2.40. The van der Waals surface area contributed by atoms with Gasteiger partial charge in [0, 0.05) is 17.6 Å². The van der Waals surface area contributed by atoms with E-state index in [4.69, 9.17) is 0 Å². The summed E-state index contributed by atoms with van der Waals surface area (Å²) < 4.78 is 0. The van der Waals surface area contributed by atoms with Crippen LogP contribution in [0.3, 0.4) is 0 Å². The predicted molar refractivity (Wildman–Crippen MR) is 74.8 cm³/mol. The van der Waals surface area contributed by atoms with E-state index in [9.17, 15) is 0 Å². The number of aromatic nitrogens is 2. The van der Waals surface area contributed by atoms with Gasteiger partial charge in [-0.05, 0) is 31.9 Å². The summed E-state index contributed by atoms with van der Waals surface area (Å²) in [5.41, 5.74) is 2.27. The van der Waals surface area contributed by atoms with Gasteiger partial charge in [0.15, 0.2) is 0 Å². The summed E-state index contributed by atoms with van der Waals surface area (Å²) in [7, 11) is 0. The van der Waals surface area contributed by atoms with Crippen LogP contribution < -0.4 is 5.32 Å². The van der Waals surface area contributed by atoms with Crippen molar-refractivity contribution in [1.29, 1.82) is 0 Å². The Morgan fingerprint density at radius 2 is 2.00 bits per heavy atom. The number of nitrogens with zero attached hydrogens (tertiary/aromatic N) is 2. The molecule has 1 aromatic carbocycles. The second-order valence-corrected chi connectivity index (χ2v) is 5.24. The fourth-order valence-electron chi connectivity index (χ4n) is 2.65. The van der Waals surface area contributed by atoms with Crippen molar-refractivity contribution >= 4 is 16.9 Å². The van der Waals surface area contributed by atoms with Crippen LogP contribution in [-0.4, -0.2) is 16.0 Å². The van der Waals surface area contributed by atoms with Crippen molar-refractivity contribution < 1.29 is 0 Å². The van der Waals surface area contributed by atoms with E-state index in [0.29, 0.717) is 6.04 Å². The van der Waals surface area contributed by atoms with Crippen LogP contribution >= 0.6 is 0 Å². The van der Waals surface area contributed by atoms with E-state index < -0.39 is 0 Å². The summed E-state index contributed by atoms with van der Waals surface area (Å²) >= 11 is 0. The smallest absolute Gasteiger partial charge is 0.223 e. The zero-order chi connectivity index (χ0) is 12.4. The molecule has 0 unspecified atom stereocenters. The molecule has 1 saturated carbocycles. The molecule has 1 aliphatic rings. The molecule has 18 heavy (non-hydrogen) atoms. The molecule has 0 aliphatic heterocycles. The Morgan fingerprint density at radius 1 is 1.17 bits per heavy atom. The fraction of sp³-hybridized carbons (Fsp3) is 0.467. The highest BCUT2D eigenvalue weighted by molar-refractivity contribution is 5.79. The molecule has 1 aliphatic carbocycles. The minimum Gasteiger partial charge on any atom is -0.351 e. The van der Waals surface area contributed by atoms with Crippen molar-refractivity contribution in [3.05, 3.63) is 30.0 Å². The summed E-state index contributed by atoms with van der Waals surface area (Å²) in [5.74, 6) is 0.776. The van der Waals surface area contributed by atoms with Gasteiger partial charge in [-0.2, -0.15) is 0 Å². The van der Waals surface area contributed by atoms with Crippen molar-refractivity contribution in [3.63, 3.8) is 0 Å². The molecule has 0 radical (unpaired) electrons. The topological polar surface area (TPSA) is 37.8 Å². The normalized spacial score (nSPS) is 16.9. The molecule has 1 aromatic heterocycles. The lowest BCUT2D eigenvalue weighted by molar-refractivity contribution is 0.461. The standard InChI is InChI=1S/C15H19N3/c1-11-7-8-14-12(9-11)10-16-15(18-14)17-13-5-3-2-4-6-13/h7-10,13H,2-6H2,1H3,(H,16,17,18). The lowest BCUT2D eigenvalue weighted by atomic mass is 9.96. The number of aryl methyl sites for hydroxylation is 1. The van der Waals surface area contributed by atoms with Crippen LogP contribution in [0.5, 0.6) is 0 Å². The number of rotatable bonds is 2. The van der Waals surface area contributed by atoms with Crippen LogP contribution in [0.25, 0.3) is 10.9 Å². The molecule has 0 atom stereocenters. The number of anilines is 1. The highest BCUT2D eigenvalue weighted by atomic mass is 15.1. The van der Waals surface area contributed by atoms with Gasteiger partial charge in [0.25, 0.3) is 0 Å². The molecule has 3 nitrogen and oxygen atoms in total. The Labute approximate surface area is 108 Å². The fourth-order valence-corrected chi connectivity index (χ4v) is 2.65. The van der Waals surface area contributed by atoms with Crippen LogP contribution in [0, 0.1) is 6.92 Å². The molecule has 0 saturated heterocycles. The van der Waals surface area contributed by atoms with E-state index >= 15 is 0 Å². The first-order chi connectivity index (χ1) is 8.81. The van der Waals surface area contributed by atoms with Gasteiger partial charge >= 0.3 is 0 Å². The Hall–Kier alpha value is -1.64. The average molecular weight is 241 g/mol. The molecule has 0 amide bonds. The first kappa shape index (κ1) is 11.5. The monoisotopic (exact) mass is 241 g/mol. The maximum Gasteiger partial charge on any atom is 0.223 e. The third-order valence-electron chi connectivity index (χ3n) is 3.67. The predicted octanol–water partition coefficient (Wildman–Crippen LogP) is 3.68. The second-order valence-electron chi connectivity index (χ2n) is 5.24. The van der Waals surface area contributed by atoms with E-state index in [1.807, 2.05) is 6.20 Å². The maximum absolute atomic E-state index is 4.59. The first-order valence-corrected chi connectivity index (χ1v) is 6.81. The molecule has 2 aromatic rings. The van der Waals surface area contributed by atoms with Gasteiger partial charge in [-0.1, -0.05) is 30.9 Å². The Balaban J connectivity index is 1.82. The van der Waals surface area contributed by atoms with Gasteiger partial charge in [0.05, 0.1) is 5.52 Å². The van der Waals surface area contributed by atoms with Crippen LogP contribution in [0.4, 0.5) is 5.95 Å². The first-order valence-electron chi connectivity index (χ1n) is 6.81. The minimum absolute atomic E-state index is 0.557. The molecule has 0 spiro atoms. The SMILES string of the molecule is Cc1ccc2nc(NC3CCCCC3)ncc2c1. The number of hydrogen-bond donors (Lipinski definition) is 1. The highest BCUT2D eigenvalue weighted by Gasteiger charge is 2.14. The van der Waals surface area contributed by atoms with Gasteiger partial charge < -0.3 is 5.32 Å². The van der Waals surface area contributed by atoms with E-state index in [2.05, 4.69) is 40.4 Å². The van der Waals surface area contributed by atoms with Crippen molar-refractivity contribution in [2.75, 3.05) is 5.32 Å². The zero-order valence-electron chi connectivity index (χ0n) is 10.8. The van der Waals surface area contributed by atoms with E-state index in [-0.39, 0.29) is 0 Å². The summed E-state index contributed by atoms with van der Waals surface area (Å²) in [6.07, 6.45) is 8.43. The second kappa shape index (κ2) is 4.92. The van der Waals surface area contributed by atoms with Crippen molar-refractivity contribution in [2.24, 2.45) is 0 Å². The van der Waals surface area contributed by atoms with Crippen molar-refractivity contribution in [2.45, 2.75) is 45.1 Å². The molecular weight excluding hydrogens is 222 g/mol. The molecule has 3 heteroatoms. The van der Waals surface area contributed by atoms with E-state index in [0.717, 1.165) is 16.9 Å². The van der Waals surface area contributed by atoms with Crippen molar-refractivity contribution in [1.82, 2.24) is 9.97 Å². The Bertz CT molecular complexity index is 544. The number of hydrogen-bond acceptors (Lipinski definition) is 3. The van der Waals surface area contributed by atoms with Gasteiger partial charge in [0.2, 0.25) is 5.95 Å². The Kier molecular flexibility index (Phi) is 3.13. The summed E-state index contributed by atoms with van der Waals surface area (Å²) in [6, 6.07) is 6.85. The summed E-state index contributed by atoms with van der Waals surface area (Å²) in [5, 5.41) is 4.58. The van der Waals surface area contributed by atoms with Gasteiger partial charge in [-0.25, -0.2) is 9.97 Å². The Morgan fingerprint density at radius 3 is 2.83 bits per heavy atom. The zero-order valence-corrected chi connectivity index (χ0v) is 10.8. The third kappa shape index (κ3) is 2.45. The van der Waals surface area contributed by atoms with Crippen LogP contribution in [0.15, 0.2) is 24.4 Å². The number of nitrogens with one attached hydrogen (secondary N) is 1. The minimum atomic E-state index is 0.557. The maximum atomic E-state index is 4.59. The molecular formula is C15H19N3.